The van der Waals surface area contributed by atoms with E-state index in [0.29, 0.717) is 11.4 Å². The molecule has 2 rings (SSSR count). The van der Waals surface area contributed by atoms with Crippen molar-refractivity contribution in [1.29, 1.82) is 0 Å². The Morgan fingerprint density at radius 3 is 2.68 bits per heavy atom. The average Bonchev–Trinajstić information content (AvgIpc) is 2.39. The second-order valence-corrected chi connectivity index (χ2v) is 3.94. The van der Waals surface area contributed by atoms with Crippen LogP contribution in [0, 0.1) is 6.92 Å². The van der Waals surface area contributed by atoms with Crippen LogP contribution in [0.4, 0.5) is 11.8 Å². The van der Waals surface area contributed by atoms with E-state index >= 15 is 0 Å². The summed E-state index contributed by atoms with van der Waals surface area (Å²) >= 11 is 0. The van der Waals surface area contributed by atoms with Crippen LogP contribution in [-0.4, -0.2) is 27.4 Å². The molecule has 6 nitrogen and oxygen atoms in total. The quantitative estimate of drug-likeness (QED) is 0.874. The first-order chi connectivity index (χ1) is 9.19. The number of pyridine rings is 1. The Morgan fingerprint density at radius 2 is 2.00 bits per heavy atom. The van der Waals surface area contributed by atoms with Gasteiger partial charge in [0.1, 0.15) is 5.82 Å². The Balaban J connectivity index is 2.19. The summed E-state index contributed by atoms with van der Waals surface area (Å²) in [6, 6.07) is 5.11. The average molecular weight is 257 g/mol. The molecule has 19 heavy (non-hydrogen) atoms. The summed E-state index contributed by atoms with van der Waals surface area (Å²) in [7, 11) is 0. The third-order valence-corrected chi connectivity index (χ3v) is 2.36. The monoisotopic (exact) mass is 257 g/mol. The summed E-state index contributed by atoms with van der Waals surface area (Å²) in [6.07, 6.45) is 3.15. The normalized spacial score (nSPS) is 10.0. The SMILES string of the molecule is CCNc1cc(C(=O)Nc2ncccn2)cc(C)n1. The fourth-order valence-electron chi connectivity index (χ4n) is 1.61. The van der Waals surface area contributed by atoms with Crippen LogP contribution in [0.5, 0.6) is 0 Å². The van der Waals surface area contributed by atoms with Crippen LogP contribution in [0.15, 0.2) is 30.6 Å². The number of amides is 1. The van der Waals surface area contributed by atoms with Gasteiger partial charge in [-0.05, 0) is 32.0 Å². The van der Waals surface area contributed by atoms with Gasteiger partial charge in [0.25, 0.3) is 5.91 Å². The van der Waals surface area contributed by atoms with Crippen molar-refractivity contribution in [3.8, 4) is 0 Å². The van der Waals surface area contributed by atoms with Gasteiger partial charge in [0.05, 0.1) is 0 Å². The molecule has 0 saturated heterocycles. The number of aryl methyl sites for hydroxylation is 1. The first kappa shape index (κ1) is 12.9. The lowest BCUT2D eigenvalue weighted by atomic mass is 10.2. The van der Waals surface area contributed by atoms with Crippen molar-refractivity contribution < 1.29 is 4.79 Å². The molecule has 2 heterocycles. The molecule has 0 aliphatic rings. The van der Waals surface area contributed by atoms with E-state index < -0.39 is 0 Å². The molecule has 2 aromatic rings. The summed E-state index contributed by atoms with van der Waals surface area (Å²) in [4.78, 5) is 24.3. The minimum atomic E-state index is -0.254. The number of carbonyl (C=O) groups excluding carboxylic acids is 1. The summed E-state index contributed by atoms with van der Waals surface area (Å²) in [5, 5.41) is 5.72. The molecule has 6 heteroatoms. The molecule has 0 aliphatic carbocycles. The Labute approximate surface area is 111 Å². The van der Waals surface area contributed by atoms with E-state index in [1.165, 1.54) is 0 Å². The predicted octanol–water partition coefficient (Wildman–Crippen LogP) is 1.86. The van der Waals surface area contributed by atoms with Crippen LogP contribution in [0.1, 0.15) is 23.0 Å². The summed E-state index contributed by atoms with van der Waals surface area (Å²) in [5.41, 5.74) is 1.30. The molecule has 0 atom stereocenters. The third-order valence-electron chi connectivity index (χ3n) is 2.36. The van der Waals surface area contributed by atoms with E-state index in [0.717, 1.165) is 12.2 Å². The minimum Gasteiger partial charge on any atom is -0.370 e. The maximum Gasteiger partial charge on any atom is 0.258 e. The van der Waals surface area contributed by atoms with Crippen molar-refractivity contribution in [2.24, 2.45) is 0 Å². The Morgan fingerprint density at radius 1 is 1.26 bits per heavy atom. The Hall–Kier alpha value is -2.50. The van der Waals surface area contributed by atoms with Crippen LogP contribution in [0.25, 0.3) is 0 Å². The van der Waals surface area contributed by atoms with Gasteiger partial charge in [0, 0.05) is 30.2 Å². The van der Waals surface area contributed by atoms with Gasteiger partial charge in [-0.2, -0.15) is 0 Å². The predicted molar refractivity (Wildman–Crippen MR) is 73.1 cm³/mol. The molecule has 0 radical (unpaired) electrons. The van der Waals surface area contributed by atoms with E-state index in [1.807, 2.05) is 13.8 Å². The van der Waals surface area contributed by atoms with Crippen LogP contribution < -0.4 is 10.6 Å². The first-order valence-electron chi connectivity index (χ1n) is 6.00. The van der Waals surface area contributed by atoms with Crippen LogP contribution in [0.2, 0.25) is 0 Å². The molecule has 0 aliphatic heterocycles. The van der Waals surface area contributed by atoms with Crippen molar-refractivity contribution in [3.63, 3.8) is 0 Å². The zero-order valence-corrected chi connectivity index (χ0v) is 10.8. The van der Waals surface area contributed by atoms with E-state index in [-0.39, 0.29) is 11.9 Å². The van der Waals surface area contributed by atoms with Gasteiger partial charge in [-0.15, -0.1) is 0 Å². The number of aromatic nitrogens is 3. The summed E-state index contributed by atoms with van der Waals surface area (Å²) in [6.45, 7) is 4.57. The van der Waals surface area contributed by atoms with E-state index in [2.05, 4.69) is 25.6 Å². The molecule has 0 bridgehead atoms. The lowest BCUT2D eigenvalue weighted by molar-refractivity contribution is 0.102. The molecule has 0 saturated carbocycles. The van der Waals surface area contributed by atoms with Gasteiger partial charge in [-0.25, -0.2) is 15.0 Å². The Kier molecular flexibility index (Phi) is 4.02. The first-order valence-corrected chi connectivity index (χ1v) is 6.00. The Bertz CT molecular complexity index is 571. The van der Waals surface area contributed by atoms with Gasteiger partial charge in [0.2, 0.25) is 5.95 Å². The minimum absolute atomic E-state index is 0.254. The van der Waals surface area contributed by atoms with Crippen molar-refractivity contribution >= 4 is 17.7 Å². The van der Waals surface area contributed by atoms with Gasteiger partial charge < -0.3 is 5.32 Å². The maximum atomic E-state index is 12.1. The number of hydrogen-bond donors (Lipinski definition) is 2. The largest absolute Gasteiger partial charge is 0.370 e. The molecule has 0 fully saturated rings. The fraction of sp³-hybridized carbons (Fsp3) is 0.231. The molecular weight excluding hydrogens is 242 g/mol. The fourth-order valence-corrected chi connectivity index (χ4v) is 1.61. The highest BCUT2D eigenvalue weighted by Gasteiger charge is 2.09. The topological polar surface area (TPSA) is 79.8 Å². The number of hydrogen-bond acceptors (Lipinski definition) is 5. The number of rotatable bonds is 4. The summed E-state index contributed by atoms with van der Waals surface area (Å²) in [5.74, 6) is 0.712. The van der Waals surface area contributed by atoms with Crippen LogP contribution >= 0.6 is 0 Å². The lowest BCUT2D eigenvalue weighted by Crippen LogP contribution is -2.15. The molecular formula is C13H15N5O. The van der Waals surface area contributed by atoms with Gasteiger partial charge in [0.15, 0.2) is 0 Å². The molecule has 0 spiro atoms. The highest BCUT2D eigenvalue weighted by atomic mass is 16.1. The van der Waals surface area contributed by atoms with Gasteiger partial charge in [-0.1, -0.05) is 0 Å². The zero-order valence-electron chi connectivity index (χ0n) is 10.8. The van der Waals surface area contributed by atoms with Gasteiger partial charge >= 0.3 is 0 Å². The van der Waals surface area contributed by atoms with Crippen LogP contribution in [0.3, 0.4) is 0 Å². The molecule has 98 valence electrons. The zero-order chi connectivity index (χ0) is 13.7. The second-order valence-electron chi connectivity index (χ2n) is 3.94. The van der Waals surface area contributed by atoms with Crippen LogP contribution in [-0.2, 0) is 0 Å². The summed E-state index contributed by atoms with van der Waals surface area (Å²) < 4.78 is 0. The lowest BCUT2D eigenvalue weighted by Gasteiger charge is -2.07. The maximum absolute atomic E-state index is 12.1. The number of nitrogens with zero attached hydrogens (tertiary/aromatic N) is 3. The molecule has 0 aromatic carbocycles. The van der Waals surface area contributed by atoms with E-state index in [9.17, 15) is 4.79 Å². The smallest absolute Gasteiger partial charge is 0.258 e. The van der Waals surface area contributed by atoms with Crippen molar-refractivity contribution in [1.82, 2.24) is 15.0 Å². The highest BCUT2D eigenvalue weighted by Crippen LogP contribution is 2.11. The van der Waals surface area contributed by atoms with E-state index in [4.69, 9.17) is 0 Å². The third kappa shape index (κ3) is 3.48. The standard InChI is InChI=1S/C13H15N5O/c1-3-14-11-8-10(7-9(2)17-11)12(19)18-13-15-5-4-6-16-13/h4-8H,3H2,1-2H3,(H,14,17)(H,15,16,18,19). The number of carbonyl (C=O) groups is 1. The van der Waals surface area contributed by atoms with Crippen molar-refractivity contribution in [3.05, 3.63) is 41.9 Å². The molecule has 2 N–H and O–H groups in total. The number of nitrogens with one attached hydrogen (secondary N) is 2. The highest BCUT2D eigenvalue weighted by molar-refractivity contribution is 6.03. The molecule has 2 aromatic heterocycles. The van der Waals surface area contributed by atoms with Crippen molar-refractivity contribution in [2.75, 3.05) is 17.2 Å². The van der Waals surface area contributed by atoms with Crippen molar-refractivity contribution in [2.45, 2.75) is 13.8 Å². The van der Waals surface area contributed by atoms with Gasteiger partial charge in [-0.3, -0.25) is 10.1 Å². The molecule has 0 unspecified atom stereocenters. The number of anilines is 2. The second kappa shape index (κ2) is 5.90. The van der Waals surface area contributed by atoms with E-state index in [1.54, 1.807) is 30.6 Å². The molecule has 1 amide bonds.